The van der Waals surface area contributed by atoms with Gasteiger partial charge in [-0.25, -0.2) is 9.97 Å². The summed E-state index contributed by atoms with van der Waals surface area (Å²) < 4.78 is 5.65. The molecule has 1 aliphatic carbocycles. The standard InChI is InChI=1S/C19H19N5O2/c25-19(16-10-15(16)18-21-12-22-24-18)23-14-6-7-17(20-11-14)26-9-8-13-4-2-1-3-5-13/h1-7,11-12,15-16H,8-10H2,(H,23,25)(H,21,22,24)/t15-,16-/m1/s1. The topological polar surface area (TPSA) is 92.8 Å². The predicted molar refractivity (Wildman–Crippen MR) is 95.7 cm³/mol. The molecule has 7 nitrogen and oxygen atoms in total. The summed E-state index contributed by atoms with van der Waals surface area (Å²) in [5.74, 6) is 1.36. The molecule has 2 N–H and O–H groups in total. The van der Waals surface area contributed by atoms with E-state index in [1.165, 1.54) is 11.9 Å². The number of hydrogen-bond acceptors (Lipinski definition) is 5. The van der Waals surface area contributed by atoms with Gasteiger partial charge in [0.05, 0.1) is 18.5 Å². The zero-order valence-electron chi connectivity index (χ0n) is 14.1. The van der Waals surface area contributed by atoms with E-state index in [9.17, 15) is 4.79 Å². The Hall–Kier alpha value is -3.22. The van der Waals surface area contributed by atoms with Gasteiger partial charge >= 0.3 is 0 Å². The number of nitrogens with zero attached hydrogens (tertiary/aromatic N) is 3. The van der Waals surface area contributed by atoms with Crippen molar-refractivity contribution in [3.8, 4) is 5.88 Å². The first kappa shape index (κ1) is 16.3. The maximum Gasteiger partial charge on any atom is 0.228 e. The summed E-state index contributed by atoms with van der Waals surface area (Å²) in [5.41, 5.74) is 1.88. The lowest BCUT2D eigenvalue weighted by Crippen LogP contribution is -2.15. The highest BCUT2D eigenvalue weighted by Gasteiger charge is 2.46. The zero-order chi connectivity index (χ0) is 17.8. The number of rotatable bonds is 7. The molecule has 0 unspecified atom stereocenters. The monoisotopic (exact) mass is 349 g/mol. The molecule has 26 heavy (non-hydrogen) atoms. The Kier molecular flexibility index (Phi) is 4.59. The van der Waals surface area contributed by atoms with Gasteiger partial charge in [0.2, 0.25) is 11.8 Å². The second kappa shape index (κ2) is 7.35. The maximum atomic E-state index is 12.3. The van der Waals surface area contributed by atoms with E-state index < -0.39 is 0 Å². The van der Waals surface area contributed by atoms with Crippen LogP contribution in [-0.2, 0) is 11.2 Å². The molecule has 0 aliphatic heterocycles. The van der Waals surface area contributed by atoms with Crippen LogP contribution in [0.1, 0.15) is 23.7 Å². The molecule has 1 aromatic carbocycles. The third-order valence-electron chi connectivity index (χ3n) is 4.40. The number of carbonyl (C=O) groups is 1. The molecule has 4 rings (SSSR count). The Bertz CT molecular complexity index is 849. The smallest absolute Gasteiger partial charge is 0.228 e. The van der Waals surface area contributed by atoms with E-state index in [0.29, 0.717) is 18.2 Å². The number of carbonyl (C=O) groups excluding carboxylic acids is 1. The SMILES string of the molecule is O=C(Nc1ccc(OCCc2ccccc2)nc1)[C@@H]1C[C@H]1c1ncn[nH]1. The van der Waals surface area contributed by atoms with E-state index in [-0.39, 0.29) is 17.7 Å². The van der Waals surface area contributed by atoms with Gasteiger partial charge in [-0.15, -0.1) is 0 Å². The Labute approximate surface area is 150 Å². The third-order valence-corrected chi connectivity index (χ3v) is 4.40. The summed E-state index contributed by atoms with van der Waals surface area (Å²) in [6, 6.07) is 13.7. The average Bonchev–Trinajstić information content (AvgIpc) is 3.29. The normalized spacial score (nSPS) is 18.3. The second-order valence-electron chi connectivity index (χ2n) is 6.28. The first-order valence-electron chi connectivity index (χ1n) is 8.58. The molecule has 0 spiro atoms. The van der Waals surface area contributed by atoms with Gasteiger partial charge in [0.1, 0.15) is 12.2 Å². The lowest BCUT2D eigenvalue weighted by molar-refractivity contribution is -0.117. The van der Waals surface area contributed by atoms with Crippen molar-refractivity contribution in [2.75, 3.05) is 11.9 Å². The van der Waals surface area contributed by atoms with Gasteiger partial charge in [-0.2, -0.15) is 5.10 Å². The van der Waals surface area contributed by atoms with E-state index in [0.717, 1.165) is 18.7 Å². The number of nitrogens with one attached hydrogen (secondary N) is 2. The third kappa shape index (κ3) is 3.88. The van der Waals surface area contributed by atoms with E-state index >= 15 is 0 Å². The van der Waals surface area contributed by atoms with Crippen LogP contribution >= 0.6 is 0 Å². The molecular weight excluding hydrogens is 330 g/mol. The van der Waals surface area contributed by atoms with Crippen molar-refractivity contribution in [2.45, 2.75) is 18.8 Å². The van der Waals surface area contributed by atoms with Crippen LogP contribution in [-0.4, -0.2) is 32.7 Å². The van der Waals surface area contributed by atoms with Crippen LogP contribution in [0.5, 0.6) is 5.88 Å². The quantitative estimate of drug-likeness (QED) is 0.684. The number of benzene rings is 1. The minimum absolute atomic E-state index is 0.0223. The Morgan fingerprint density at radius 3 is 2.81 bits per heavy atom. The van der Waals surface area contributed by atoms with Gasteiger partial charge in [-0.3, -0.25) is 9.89 Å². The minimum atomic E-state index is -0.0650. The van der Waals surface area contributed by atoms with Crippen molar-refractivity contribution in [2.24, 2.45) is 5.92 Å². The first-order valence-corrected chi connectivity index (χ1v) is 8.58. The molecule has 2 atom stereocenters. The van der Waals surface area contributed by atoms with E-state index in [1.807, 2.05) is 18.2 Å². The second-order valence-corrected chi connectivity index (χ2v) is 6.28. The van der Waals surface area contributed by atoms with Crippen LogP contribution < -0.4 is 10.1 Å². The lowest BCUT2D eigenvalue weighted by Gasteiger charge is -2.07. The molecule has 1 aliphatic rings. The number of amides is 1. The molecule has 3 aromatic rings. The highest BCUT2D eigenvalue weighted by atomic mass is 16.5. The molecular formula is C19H19N5O2. The summed E-state index contributed by atoms with van der Waals surface area (Å²) in [6.45, 7) is 0.559. The van der Waals surface area contributed by atoms with Crippen molar-refractivity contribution >= 4 is 11.6 Å². The number of anilines is 1. The summed E-state index contributed by atoms with van der Waals surface area (Å²) >= 11 is 0. The number of aromatic amines is 1. The van der Waals surface area contributed by atoms with Crippen molar-refractivity contribution in [3.05, 3.63) is 66.4 Å². The van der Waals surface area contributed by atoms with E-state index in [1.54, 1.807) is 18.3 Å². The average molecular weight is 349 g/mol. The van der Waals surface area contributed by atoms with Gasteiger partial charge in [-0.1, -0.05) is 30.3 Å². The molecule has 0 saturated heterocycles. The van der Waals surface area contributed by atoms with Gasteiger partial charge in [0, 0.05) is 24.3 Å². The fourth-order valence-electron chi connectivity index (χ4n) is 2.87. The highest BCUT2D eigenvalue weighted by molar-refractivity contribution is 5.94. The Balaban J connectivity index is 1.25. The van der Waals surface area contributed by atoms with Crippen molar-refractivity contribution in [1.82, 2.24) is 20.2 Å². The van der Waals surface area contributed by atoms with Crippen molar-refractivity contribution < 1.29 is 9.53 Å². The molecule has 132 valence electrons. The van der Waals surface area contributed by atoms with Crippen LogP contribution in [0.15, 0.2) is 55.0 Å². The largest absolute Gasteiger partial charge is 0.477 e. The summed E-state index contributed by atoms with van der Waals surface area (Å²) in [7, 11) is 0. The number of hydrogen-bond donors (Lipinski definition) is 2. The van der Waals surface area contributed by atoms with E-state index in [4.69, 9.17) is 4.74 Å². The zero-order valence-corrected chi connectivity index (χ0v) is 14.1. The Morgan fingerprint density at radius 1 is 1.19 bits per heavy atom. The predicted octanol–water partition coefficient (Wildman–Crippen LogP) is 2.56. The molecule has 0 radical (unpaired) electrons. The molecule has 1 amide bonds. The van der Waals surface area contributed by atoms with Crippen LogP contribution in [0.2, 0.25) is 0 Å². The summed E-state index contributed by atoms with van der Waals surface area (Å²) in [6.07, 6.45) is 4.69. The fraction of sp³-hybridized carbons (Fsp3) is 0.263. The van der Waals surface area contributed by atoms with Gasteiger partial charge in [0.15, 0.2) is 0 Å². The minimum Gasteiger partial charge on any atom is -0.477 e. The lowest BCUT2D eigenvalue weighted by atomic mass is 10.2. The van der Waals surface area contributed by atoms with Crippen LogP contribution in [0.3, 0.4) is 0 Å². The number of aromatic nitrogens is 4. The van der Waals surface area contributed by atoms with Crippen molar-refractivity contribution in [1.29, 1.82) is 0 Å². The fourth-order valence-corrected chi connectivity index (χ4v) is 2.87. The Morgan fingerprint density at radius 2 is 2.08 bits per heavy atom. The van der Waals surface area contributed by atoms with Crippen LogP contribution in [0.4, 0.5) is 5.69 Å². The number of H-pyrrole nitrogens is 1. The molecule has 1 saturated carbocycles. The molecule has 7 heteroatoms. The van der Waals surface area contributed by atoms with Gasteiger partial charge in [-0.05, 0) is 18.1 Å². The summed E-state index contributed by atoms with van der Waals surface area (Å²) in [5, 5.41) is 9.53. The first-order chi connectivity index (χ1) is 12.8. The van der Waals surface area contributed by atoms with E-state index in [2.05, 4.69) is 37.6 Å². The number of ether oxygens (including phenoxy) is 1. The molecule has 2 aromatic heterocycles. The molecule has 0 bridgehead atoms. The van der Waals surface area contributed by atoms with Crippen LogP contribution in [0, 0.1) is 5.92 Å². The van der Waals surface area contributed by atoms with Crippen LogP contribution in [0.25, 0.3) is 0 Å². The molecule has 1 fully saturated rings. The maximum absolute atomic E-state index is 12.3. The molecule has 2 heterocycles. The number of pyridine rings is 1. The van der Waals surface area contributed by atoms with Gasteiger partial charge < -0.3 is 10.1 Å². The highest BCUT2D eigenvalue weighted by Crippen LogP contribution is 2.46. The van der Waals surface area contributed by atoms with Crippen molar-refractivity contribution in [3.63, 3.8) is 0 Å². The summed E-state index contributed by atoms with van der Waals surface area (Å²) in [4.78, 5) is 20.6. The van der Waals surface area contributed by atoms with Gasteiger partial charge in [0.25, 0.3) is 0 Å².